The van der Waals surface area contributed by atoms with Crippen LogP contribution in [0, 0.1) is 5.82 Å². The fourth-order valence-electron chi connectivity index (χ4n) is 5.09. The number of aromatic nitrogens is 1. The SMILES string of the molecule is CCOC(=O)c1cn2c3c(c(C4(NC(=O)OCc5ccccc5)CC4)c(F)cc3c1=O)N(C)C[C@@H]2C. The van der Waals surface area contributed by atoms with Gasteiger partial charge in [-0.05, 0) is 38.3 Å². The Balaban J connectivity index is 1.57. The molecular formula is C27H28FN3O5. The third-order valence-electron chi connectivity index (χ3n) is 6.91. The van der Waals surface area contributed by atoms with Gasteiger partial charge in [-0.1, -0.05) is 30.3 Å². The molecule has 1 saturated carbocycles. The van der Waals surface area contributed by atoms with Gasteiger partial charge in [0.25, 0.3) is 0 Å². The number of nitrogens with zero attached hydrogens (tertiary/aromatic N) is 2. The average molecular weight is 494 g/mol. The lowest BCUT2D eigenvalue weighted by molar-refractivity contribution is 0.0524. The van der Waals surface area contributed by atoms with Gasteiger partial charge < -0.3 is 24.3 Å². The quantitative estimate of drug-likeness (QED) is 0.517. The van der Waals surface area contributed by atoms with Crippen LogP contribution in [0.1, 0.15) is 54.2 Å². The first-order valence-corrected chi connectivity index (χ1v) is 12.0. The van der Waals surface area contributed by atoms with E-state index in [2.05, 4.69) is 5.32 Å². The molecule has 1 N–H and O–H groups in total. The second-order valence-corrected chi connectivity index (χ2v) is 9.48. The number of ether oxygens (including phenoxy) is 2. The van der Waals surface area contributed by atoms with Gasteiger partial charge in [-0.3, -0.25) is 4.79 Å². The molecule has 0 spiro atoms. The van der Waals surface area contributed by atoms with Gasteiger partial charge in [-0.15, -0.1) is 0 Å². The van der Waals surface area contributed by atoms with Crippen LogP contribution in [0.15, 0.2) is 47.4 Å². The van der Waals surface area contributed by atoms with E-state index in [1.165, 1.54) is 12.3 Å². The van der Waals surface area contributed by atoms with E-state index in [1.54, 1.807) is 6.92 Å². The molecule has 9 heteroatoms. The first-order valence-electron chi connectivity index (χ1n) is 12.0. The first-order chi connectivity index (χ1) is 17.3. The number of hydrogen-bond acceptors (Lipinski definition) is 6. The van der Waals surface area contributed by atoms with E-state index < -0.39 is 28.8 Å². The molecule has 36 heavy (non-hydrogen) atoms. The molecule has 0 radical (unpaired) electrons. The Morgan fingerprint density at radius 1 is 1.19 bits per heavy atom. The number of hydrogen-bond donors (Lipinski definition) is 1. The van der Waals surface area contributed by atoms with Crippen molar-refractivity contribution in [2.75, 3.05) is 25.1 Å². The van der Waals surface area contributed by atoms with Crippen LogP contribution in [0.5, 0.6) is 0 Å². The van der Waals surface area contributed by atoms with Gasteiger partial charge in [-0.2, -0.15) is 0 Å². The molecule has 0 bridgehead atoms. The Kier molecular flexibility index (Phi) is 5.94. The molecule has 3 aromatic rings. The van der Waals surface area contributed by atoms with E-state index in [9.17, 15) is 14.4 Å². The number of esters is 1. The van der Waals surface area contributed by atoms with Crippen molar-refractivity contribution in [3.63, 3.8) is 0 Å². The zero-order valence-corrected chi connectivity index (χ0v) is 20.5. The van der Waals surface area contributed by atoms with E-state index in [4.69, 9.17) is 9.47 Å². The number of alkyl carbamates (subject to hydrolysis) is 1. The fourth-order valence-corrected chi connectivity index (χ4v) is 5.09. The van der Waals surface area contributed by atoms with Crippen molar-refractivity contribution >= 4 is 28.7 Å². The molecule has 1 aliphatic carbocycles. The lowest BCUT2D eigenvalue weighted by Crippen LogP contribution is -2.40. The number of carbonyl (C=O) groups is 2. The standard InChI is InChI=1S/C27H28FN3O5/c1-4-35-25(33)19-14-31-16(2)13-30(3)23-21(20(28)12-18(22(23)31)24(19)32)27(10-11-27)29-26(34)36-15-17-8-6-5-7-9-17/h5-9,12,14,16H,4,10-11,13,15H2,1-3H3,(H,29,34)/t16-/m0/s1. The highest BCUT2D eigenvalue weighted by atomic mass is 19.1. The van der Waals surface area contributed by atoms with Gasteiger partial charge in [0, 0.05) is 31.4 Å². The molecule has 1 amide bonds. The maximum absolute atomic E-state index is 15.8. The molecule has 188 valence electrons. The molecule has 1 aromatic heterocycles. The van der Waals surface area contributed by atoms with Crippen LogP contribution in [0.25, 0.3) is 10.9 Å². The fraction of sp³-hybridized carbons (Fsp3) is 0.370. The number of carbonyl (C=O) groups excluding carboxylic acids is 2. The minimum absolute atomic E-state index is 0.0870. The summed E-state index contributed by atoms with van der Waals surface area (Å²) in [5.74, 6) is -1.34. The molecule has 1 fully saturated rings. The first kappa shape index (κ1) is 23.8. The zero-order valence-electron chi connectivity index (χ0n) is 20.5. The van der Waals surface area contributed by atoms with Gasteiger partial charge in [0.2, 0.25) is 5.43 Å². The second-order valence-electron chi connectivity index (χ2n) is 9.48. The average Bonchev–Trinajstić information content (AvgIpc) is 3.62. The summed E-state index contributed by atoms with van der Waals surface area (Å²) in [6.07, 6.45) is 1.95. The number of nitrogens with one attached hydrogen (secondary N) is 1. The van der Waals surface area contributed by atoms with Crippen molar-refractivity contribution in [2.24, 2.45) is 0 Å². The number of amides is 1. The summed E-state index contributed by atoms with van der Waals surface area (Å²) in [5.41, 5.74) is 0.624. The summed E-state index contributed by atoms with van der Waals surface area (Å²) in [6.45, 7) is 4.38. The van der Waals surface area contributed by atoms with E-state index in [0.717, 1.165) is 5.56 Å². The Morgan fingerprint density at radius 3 is 2.58 bits per heavy atom. The molecule has 1 aliphatic heterocycles. The molecule has 1 atom stereocenters. The third-order valence-corrected chi connectivity index (χ3v) is 6.91. The van der Waals surface area contributed by atoms with Crippen molar-refractivity contribution in [3.8, 4) is 0 Å². The predicted octanol–water partition coefficient (Wildman–Crippen LogP) is 4.24. The van der Waals surface area contributed by atoms with Crippen LogP contribution in [0.4, 0.5) is 14.9 Å². The van der Waals surface area contributed by atoms with Gasteiger partial charge in [0.1, 0.15) is 18.0 Å². The number of halogens is 1. The number of rotatable bonds is 6. The van der Waals surface area contributed by atoms with Gasteiger partial charge >= 0.3 is 12.1 Å². The summed E-state index contributed by atoms with van der Waals surface area (Å²) >= 11 is 0. The van der Waals surface area contributed by atoms with Crippen LogP contribution in [0.2, 0.25) is 0 Å². The highest BCUT2D eigenvalue weighted by Gasteiger charge is 2.51. The van der Waals surface area contributed by atoms with Crippen molar-refractivity contribution < 1.29 is 23.5 Å². The Morgan fingerprint density at radius 2 is 1.92 bits per heavy atom. The van der Waals surface area contributed by atoms with Crippen LogP contribution in [-0.2, 0) is 21.6 Å². The summed E-state index contributed by atoms with van der Waals surface area (Å²) < 4.78 is 28.1. The number of anilines is 1. The summed E-state index contributed by atoms with van der Waals surface area (Å²) in [4.78, 5) is 40.3. The topological polar surface area (TPSA) is 89.9 Å². The van der Waals surface area contributed by atoms with Crippen LogP contribution in [-0.4, -0.2) is 36.8 Å². The van der Waals surface area contributed by atoms with Gasteiger partial charge in [-0.25, -0.2) is 14.0 Å². The van der Waals surface area contributed by atoms with Crippen LogP contribution in [0.3, 0.4) is 0 Å². The maximum atomic E-state index is 15.8. The van der Waals surface area contributed by atoms with Gasteiger partial charge in [0.15, 0.2) is 0 Å². The molecular weight excluding hydrogens is 465 g/mol. The van der Waals surface area contributed by atoms with E-state index in [0.29, 0.717) is 36.2 Å². The predicted molar refractivity (Wildman–Crippen MR) is 133 cm³/mol. The Hall–Kier alpha value is -3.88. The van der Waals surface area contributed by atoms with E-state index in [1.807, 2.05) is 53.8 Å². The van der Waals surface area contributed by atoms with Crippen molar-refractivity contribution in [1.82, 2.24) is 9.88 Å². The highest BCUT2D eigenvalue weighted by molar-refractivity contribution is 6.00. The minimum Gasteiger partial charge on any atom is -0.462 e. The lowest BCUT2D eigenvalue weighted by Gasteiger charge is -2.37. The Bertz CT molecular complexity index is 1410. The summed E-state index contributed by atoms with van der Waals surface area (Å²) in [6, 6.07) is 10.4. The largest absolute Gasteiger partial charge is 0.462 e. The number of pyridine rings is 1. The van der Waals surface area contributed by atoms with E-state index in [-0.39, 0.29) is 30.2 Å². The maximum Gasteiger partial charge on any atom is 0.408 e. The molecule has 2 aromatic carbocycles. The summed E-state index contributed by atoms with van der Waals surface area (Å²) in [5, 5.41) is 2.99. The second kappa shape index (κ2) is 8.96. The molecule has 2 aliphatic rings. The monoisotopic (exact) mass is 493 g/mol. The number of likely N-dealkylation sites (N-methyl/N-ethyl adjacent to an activating group) is 1. The zero-order chi connectivity index (χ0) is 25.6. The van der Waals surface area contributed by atoms with Crippen molar-refractivity contribution in [3.05, 3.63) is 75.3 Å². The highest BCUT2D eigenvalue weighted by Crippen LogP contribution is 2.52. The normalized spacial score (nSPS) is 17.6. The molecule has 2 heterocycles. The molecule has 8 nitrogen and oxygen atoms in total. The van der Waals surface area contributed by atoms with Crippen molar-refractivity contribution in [1.29, 1.82) is 0 Å². The van der Waals surface area contributed by atoms with Crippen LogP contribution >= 0.6 is 0 Å². The smallest absolute Gasteiger partial charge is 0.408 e. The van der Waals surface area contributed by atoms with Crippen LogP contribution < -0.4 is 15.6 Å². The third kappa shape index (κ3) is 3.98. The summed E-state index contributed by atoms with van der Waals surface area (Å²) in [7, 11) is 1.84. The minimum atomic E-state index is -0.934. The Labute approximate surface area is 207 Å². The lowest BCUT2D eigenvalue weighted by atomic mass is 9.94. The molecule has 5 rings (SSSR count). The van der Waals surface area contributed by atoms with Gasteiger partial charge in [0.05, 0.1) is 28.7 Å². The molecule has 0 unspecified atom stereocenters. The number of benzene rings is 2. The molecule has 0 saturated heterocycles. The van der Waals surface area contributed by atoms with Crippen molar-refractivity contribution in [2.45, 2.75) is 44.9 Å². The van der Waals surface area contributed by atoms with E-state index >= 15 is 4.39 Å².